The highest BCUT2D eigenvalue weighted by molar-refractivity contribution is 5.83. The van der Waals surface area contributed by atoms with Crippen molar-refractivity contribution in [1.29, 1.82) is 0 Å². The molecule has 0 radical (unpaired) electrons. The SMILES string of the molecule is CCCCCCCCCCCCCCCCCCNC(=O)C12CC3CC(CC(C3)C1)C2. The lowest BCUT2D eigenvalue weighted by Gasteiger charge is -2.55. The van der Waals surface area contributed by atoms with Gasteiger partial charge >= 0.3 is 0 Å². The number of hydrogen-bond donors (Lipinski definition) is 1. The first kappa shape index (κ1) is 25.1. The molecular formula is C29H53NO. The Hall–Kier alpha value is -0.530. The minimum absolute atomic E-state index is 0.0454. The van der Waals surface area contributed by atoms with E-state index in [0.29, 0.717) is 5.91 Å². The molecule has 1 N–H and O–H groups in total. The number of carbonyl (C=O) groups excluding carboxylic acids is 1. The van der Waals surface area contributed by atoms with Crippen molar-refractivity contribution in [2.75, 3.05) is 6.54 Å². The second-order valence-corrected chi connectivity index (χ2v) is 11.8. The van der Waals surface area contributed by atoms with E-state index < -0.39 is 0 Å². The summed E-state index contributed by atoms with van der Waals surface area (Å²) >= 11 is 0. The molecule has 0 atom stereocenters. The van der Waals surface area contributed by atoms with Gasteiger partial charge < -0.3 is 5.32 Å². The molecule has 0 spiro atoms. The fraction of sp³-hybridized carbons (Fsp3) is 0.966. The second kappa shape index (κ2) is 13.9. The Balaban J connectivity index is 1.07. The molecule has 2 heteroatoms. The molecule has 4 rings (SSSR count). The Morgan fingerprint density at radius 3 is 1.35 bits per heavy atom. The summed E-state index contributed by atoms with van der Waals surface area (Å²) in [4.78, 5) is 12.9. The number of nitrogens with one attached hydrogen (secondary N) is 1. The minimum atomic E-state index is 0.0454. The highest BCUT2D eigenvalue weighted by Gasteiger charge is 2.54. The van der Waals surface area contributed by atoms with Crippen LogP contribution < -0.4 is 5.32 Å². The van der Waals surface area contributed by atoms with Crippen LogP contribution in [-0.2, 0) is 4.79 Å². The van der Waals surface area contributed by atoms with Crippen LogP contribution in [0.4, 0.5) is 0 Å². The molecule has 4 saturated carbocycles. The third-order valence-electron chi connectivity index (χ3n) is 8.84. The minimum Gasteiger partial charge on any atom is -0.356 e. The number of amides is 1. The van der Waals surface area contributed by atoms with E-state index >= 15 is 0 Å². The number of carbonyl (C=O) groups is 1. The van der Waals surface area contributed by atoms with Crippen LogP contribution in [0.5, 0.6) is 0 Å². The van der Waals surface area contributed by atoms with Crippen molar-refractivity contribution in [2.24, 2.45) is 23.2 Å². The first-order valence-electron chi connectivity index (χ1n) is 14.5. The molecule has 0 aromatic carbocycles. The van der Waals surface area contributed by atoms with E-state index in [0.717, 1.165) is 24.3 Å². The Bertz CT molecular complexity index is 464. The quantitative estimate of drug-likeness (QED) is 0.216. The molecule has 0 aliphatic heterocycles. The third kappa shape index (κ3) is 8.39. The lowest BCUT2D eigenvalue weighted by Crippen LogP contribution is -2.53. The monoisotopic (exact) mass is 431 g/mol. The van der Waals surface area contributed by atoms with E-state index in [4.69, 9.17) is 0 Å². The van der Waals surface area contributed by atoms with Crippen molar-refractivity contribution in [1.82, 2.24) is 5.32 Å². The Kier molecular flexibility index (Phi) is 11.2. The van der Waals surface area contributed by atoms with Gasteiger partial charge in [0.25, 0.3) is 0 Å². The molecule has 4 bridgehead atoms. The molecule has 4 fully saturated rings. The van der Waals surface area contributed by atoms with Crippen LogP contribution in [-0.4, -0.2) is 12.5 Å². The summed E-state index contributed by atoms with van der Waals surface area (Å²) in [6, 6.07) is 0. The first-order chi connectivity index (χ1) is 15.2. The van der Waals surface area contributed by atoms with E-state index in [1.165, 1.54) is 141 Å². The lowest BCUT2D eigenvalue weighted by atomic mass is 9.49. The summed E-state index contributed by atoms with van der Waals surface area (Å²) < 4.78 is 0. The maximum atomic E-state index is 12.9. The van der Waals surface area contributed by atoms with Crippen molar-refractivity contribution in [3.8, 4) is 0 Å². The molecule has 0 unspecified atom stereocenters. The highest BCUT2D eigenvalue weighted by Crippen LogP contribution is 2.60. The van der Waals surface area contributed by atoms with Crippen molar-refractivity contribution in [3.05, 3.63) is 0 Å². The van der Waals surface area contributed by atoms with Crippen molar-refractivity contribution in [2.45, 2.75) is 148 Å². The first-order valence-corrected chi connectivity index (χ1v) is 14.5. The maximum Gasteiger partial charge on any atom is 0.226 e. The normalized spacial score (nSPS) is 28.9. The van der Waals surface area contributed by atoms with Gasteiger partial charge in [-0.2, -0.15) is 0 Å². The van der Waals surface area contributed by atoms with Gasteiger partial charge in [0, 0.05) is 12.0 Å². The number of unbranched alkanes of at least 4 members (excludes halogenated alkanes) is 15. The molecule has 4 aliphatic carbocycles. The summed E-state index contributed by atoms with van der Waals surface area (Å²) in [5, 5.41) is 3.35. The molecule has 1 amide bonds. The van der Waals surface area contributed by atoms with Crippen LogP contribution >= 0.6 is 0 Å². The molecule has 4 aliphatic rings. The topological polar surface area (TPSA) is 29.1 Å². The van der Waals surface area contributed by atoms with Crippen LogP contribution in [0.1, 0.15) is 148 Å². The summed E-state index contributed by atoms with van der Waals surface area (Å²) in [5.74, 6) is 3.03. The molecule has 0 saturated heterocycles. The van der Waals surface area contributed by atoms with Crippen LogP contribution in [0.2, 0.25) is 0 Å². The van der Waals surface area contributed by atoms with Crippen molar-refractivity contribution in [3.63, 3.8) is 0 Å². The van der Waals surface area contributed by atoms with Crippen molar-refractivity contribution >= 4 is 5.91 Å². The summed E-state index contributed by atoms with van der Waals surface area (Å²) in [7, 11) is 0. The van der Waals surface area contributed by atoms with Crippen LogP contribution in [0, 0.1) is 23.2 Å². The van der Waals surface area contributed by atoms with E-state index in [-0.39, 0.29) is 5.41 Å². The second-order valence-electron chi connectivity index (χ2n) is 11.8. The summed E-state index contributed by atoms with van der Waals surface area (Å²) in [5.41, 5.74) is 0.0454. The smallest absolute Gasteiger partial charge is 0.226 e. The van der Waals surface area contributed by atoms with Gasteiger partial charge in [-0.05, 0) is 62.7 Å². The molecule has 0 heterocycles. The van der Waals surface area contributed by atoms with Crippen LogP contribution in [0.3, 0.4) is 0 Å². The van der Waals surface area contributed by atoms with E-state index in [2.05, 4.69) is 12.2 Å². The van der Waals surface area contributed by atoms with Crippen LogP contribution in [0.25, 0.3) is 0 Å². The summed E-state index contributed by atoms with van der Waals surface area (Å²) in [6.07, 6.45) is 30.3. The van der Waals surface area contributed by atoms with Gasteiger partial charge in [-0.25, -0.2) is 0 Å². The highest BCUT2D eigenvalue weighted by atomic mass is 16.2. The largest absolute Gasteiger partial charge is 0.356 e. The average molecular weight is 432 g/mol. The molecule has 31 heavy (non-hydrogen) atoms. The van der Waals surface area contributed by atoms with Gasteiger partial charge in [-0.15, -0.1) is 0 Å². The molecular weight excluding hydrogens is 378 g/mol. The lowest BCUT2D eigenvalue weighted by molar-refractivity contribution is -0.146. The van der Waals surface area contributed by atoms with Crippen LogP contribution in [0.15, 0.2) is 0 Å². The van der Waals surface area contributed by atoms with E-state index in [1.54, 1.807) is 0 Å². The van der Waals surface area contributed by atoms with Gasteiger partial charge in [-0.1, -0.05) is 103 Å². The Morgan fingerprint density at radius 2 is 0.968 bits per heavy atom. The third-order valence-corrected chi connectivity index (χ3v) is 8.84. The number of hydrogen-bond acceptors (Lipinski definition) is 1. The van der Waals surface area contributed by atoms with Gasteiger partial charge in [0.05, 0.1) is 0 Å². The van der Waals surface area contributed by atoms with E-state index in [9.17, 15) is 4.79 Å². The zero-order valence-corrected chi connectivity index (χ0v) is 20.9. The van der Waals surface area contributed by atoms with E-state index in [1.807, 2.05) is 0 Å². The zero-order chi connectivity index (χ0) is 21.8. The van der Waals surface area contributed by atoms with Crippen molar-refractivity contribution < 1.29 is 4.79 Å². The zero-order valence-electron chi connectivity index (χ0n) is 20.9. The van der Waals surface area contributed by atoms with Gasteiger partial charge in [-0.3, -0.25) is 4.79 Å². The fourth-order valence-corrected chi connectivity index (χ4v) is 7.45. The predicted molar refractivity (Wildman–Crippen MR) is 133 cm³/mol. The van der Waals surface area contributed by atoms with Gasteiger partial charge in [0.1, 0.15) is 0 Å². The molecule has 180 valence electrons. The molecule has 0 aromatic heterocycles. The summed E-state index contributed by atoms with van der Waals surface area (Å²) in [6.45, 7) is 3.21. The fourth-order valence-electron chi connectivity index (χ4n) is 7.45. The molecule has 0 aromatic rings. The maximum absolute atomic E-state index is 12.9. The Labute approximate surface area is 194 Å². The van der Waals surface area contributed by atoms with Gasteiger partial charge in [0.15, 0.2) is 0 Å². The Morgan fingerprint density at radius 1 is 0.613 bits per heavy atom. The molecule has 2 nitrogen and oxygen atoms in total. The number of rotatable bonds is 18. The standard InChI is InChI=1S/C29H53NO/c1-2-3-4-5-6-7-8-9-10-11-12-13-14-15-16-17-18-30-28(31)29-22-25-19-26(23-29)21-27(20-25)24-29/h25-27H,2-24H2,1H3,(H,30,31). The predicted octanol–water partition coefficient (Wildman–Crippen LogP) is 8.58. The average Bonchev–Trinajstić information content (AvgIpc) is 2.75. The van der Waals surface area contributed by atoms with Gasteiger partial charge in [0.2, 0.25) is 5.91 Å².